The molecule has 30 heavy (non-hydrogen) atoms. The fraction of sp³-hybridized carbons (Fsp3) is 0.316. The summed E-state index contributed by atoms with van der Waals surface area (Å²) >= 11 is 1.17. The number of hydrogen-bond donors (Lipinski definition) is 2. The van der Waals surface area contributed by atoms with Crippen LogP contribution in [0.25, 0.3) is 0 Å². The van der Waals surface area contributed by atoms with Crippen LogP contribution >= 0.6 is 11.3 Å². The van der Waals surface area contributed by atoms with Crippen LogP contribution in [0.15, 0.2) is 29.2 Å². The van der Waals surface area contributed by atoms with Gasteiger partial charge in [-0.25, -0.2) is 17.6 Å². The zero-order chi connectivity index (χ0) is 22.5. The Bertz CT molecular complexity index is 1060. The van der Waals surface area contributed by atoms with Crippen molar-refractivity contribution in [2.24, 2.45) is 0 Å². The van der Waals surface area contributed by atoms with Crippen molar-refractivity contribution in [1.29, 1.82) is 0 Å². The summed E-state index contributed by atoms with van der Waals surface area (Å²) in [5.41, 5.74) is 0.755. The van der Waals surface area contributed by atoms with E-state index in [1.54, 1.807) is 13.8 Å². The number of rotatable bonds is 7. The van der Waals surface area contributed by atoms with Crippen LogP contribution in [0, 0.1) is 19.7 Å². The minimum Gasteiger partial charge on any atom is -0.453 e. The normalized spacial score (nSPS) is 11.1. The Balaban J connectivity index is 2.01. The Kier molecular flexibility index (Phi) is 7.68. The van der Waals surface area contributed by atoms with Crippen molar-refractivity contribution in [3.05, 3.63) is 46.1 Å². The molecule has 3 amide bonds. The highest BCUT2D eigenvalue weighted by molar-refractivity contribution is 7.91. The number of anilines is 1. The average molecular weight is 457 g/mol. The SMILES string of the molecule is COC(=O)NC(=O)c1c(NC(=O)CCCS(=O)(=O)c2ccc(F)cc2)sc(C)c1C. The van der Waals surface area contributed by atoms with E-state index in [2.05, 4.69) is 10.1 Å². The summed E-state index contributed by atoms with van der Waals surface area (Å²) in [6, 6.07) is 4.46. The Labute approximate surface area is 177 Å². The molecule has 0 aliphatic heterocycles. The number of ether oxygens (including phenoxy) is 1. The molecule has 1 aromatic heterocycles. The molecule has 0 unspecified atom stereocenters. The van der Waals surface area contributed by atoms with Crippen LogP contribution in [0.4, 0.5) is 14.2 Å². The number of thiophene rings is 1. The number of aryl methyl sites for hydroxylation is 1. The first-order valence-corrected chi connectivity index (χ1v) is 11.3. The monoisotopic (exact) mass is 456 g/mol. The number of hydrogen-bond acceptors (Lipinski definition) is 7. The predicted molar refractivity (Wildman–Crippen MR) is 110 cm³/mol. The van der Waals surface area contributed by atoms with E-state index < -0.39 is 33.6 Å². The van der Waals surface area contributed by atoms with Gasteiger partial charge in [0.05, 0.1) is 23.3 Å². The highest BCUT2D eigenvalue weighted by atomic mass is 32.2. The summed E-state index contributed by atoms with van der Waals surface area (Å²) in [5.74, 6) is -2.01. The van der Waals surface area contributed by atoms with Crippen LogP contribution in [-0.4, -0.2) is 39.2 Å². The quantitative estimate of drug-likeness (QED) is 0.618. The lowest BCUT2D eigenvalue weighted by atomic mass is 10.1. The van der Waals surface area contributed by atoms with E-state index in [-0.39, 0.29) is 34.1 Å². The summed E-state index contributed by atoms with van der Waals surface area (Å²) in [4.78, 5) is 36.7. The zero-order valence-corrected chi connectivity index (χ0v) is 18.2. The van der Waals surface area contributed by atoms with Crippen molar-refractivity contribution in [1.82, 2.24) is 5.32 Å². The van der Waals surface area contributed by atoms with Crippen LogP contribution in [0.5, 0.6) is 0 Å². The van der Waals surface area contributed by atoms with Crippen molar-refractivity contribution >= 4 is 44.1 Å². The summed E-state index contributed by atoms with van der Waals surface area (Å²) < 4.78 is 41.9. The fourth-order valence-corrected chi connectivity index (χ4v) is 4.95. The van der Waals surface area contributed by atoms with Gasteiger partial charge in [-0.2, -0.15) is 0 Å². The van der Waals surface area contributed by atoms with Crippen molar-refractivity contribution in [2.75, 3.05) is 18.2 Å². The molecule has 1 aromatic carbocycles. The number of carbonyl (C=O) groups excluding carboxylic acids is 3. The molecule has 0 fully saturated rings. The maximum absolute atomic E-state index is 12.9. The maximum Gasteiger partial charge on any atom is 0.413 e. The number of sulfone groups is 1. The molecular formula is C19H21FN2O6S2. The number of imide groups is 1. The molecule has 0 aliphatic rings. The molecule has 11 heteroatoms. The van der Waals surface area contributed by atoms with Crippen LogP contribution in [0.2, 0.25) is 0 Å². The summed E-state index contributed by atoms with van der Waals surface area (Å²) in [5, 5.41) is 4.91. The Hall–Kier alpha value is -2.79. The summed E-state index contributed by atoms with van der Waals surface area (Å²) in [6.45, 7) is 3.45. The van der Waals surface area contributed by atoms with Gasteiger partial charge in [-0.15, -0.1) is 11.3 Å². The van der Waals surface area contributed by atoms with Crippen LogP contribution in [-0.2, 0) is 19.4 Å². The number of alkyl carbamates (subject to hydrolysis) is 1. The van der Waals surface area contributed by atoms with Gasteiger partial charge in [0.15, 0.2) is 9.84 Å². The second-order valence-corrected chi connectivity index (χ2v) is 9.69. The Morgan fingerprint density at radius 3 is 2.37 bits per heavy atom. The highest BCUT2D eigenvalue weighted by Gasteiger charge is 2.23. The van der Waals surface area contributed by atoms with Gasteiger partial charge < -0.3 is 10.1 Å². The lowest BCUT2D eigenvalue weighted by Crippen LogP contribution is -2.31. The van der Waals surface area contributed by atoms with E-state index in [1.165, 1.54) is 23.5 Å². The standard InChI is InChI=1S/C19H21FN2O6S2/c1-11-12(2)29-18(16(11)17(24)22-19(25)28-3)21-15(23)5-4-10-30(26,27)14-8-6-13(20)7-9-14/h6-9H,4-5,10H2,1-3H3,(H,21,23)(H,22,24,25). The molecule has 0 spiro atoms. The van der Waals surface area contributed by atoms with E-state index in [0.29, 0.717) is 5.56 Å². The highest BCUT2D eigenvalue weighted by Crippen LogP contribution is 2.32. The fourth-order valence-electron chi connectivity index (χ4n) is 2.57. The molecule has 0 radical (unpaired) electrons. The molecule has 0 atom stereocenters. The molecule has 0 bridgehead atoms. The molecule has 2 rings (SSSR count). The predicted octanol–water partition coefficient (Wildman–Crippen LogP) is 3.19. The zero-order valence-electron chi connectivity index (χ0n) is 16.6. The number of carbonyl (C=O) groups is 3. The first-order valence-electron chi connectivity index (χ1n) is 8.82. The molecular weight excluding hydrogens is 435 g/mol. The third-order valence-corrected chi connectivity index (χ3v) is 7.20. The second kappa shape index (κ2) is 9.81. The van der Waals surface area contributed by atoms with Crippen molar-refractivity contribution in [3.63, 3.8) is 0 Å². The molecule has 162 valence electrons. The largest absolute Gasteiger partial charge is 0.453 e. The molecule has 8 nitrogen and oxygen atoms in total. The number of nitrogens with one attached hydrogen (secondary N) is 2. The van der Waals surface area contributed by atoms with Crippen LogP contribution in [0.3, 0.4) is 0 Å². The number of benzene rings is 1. The van der Waals surface area contributed by atoms with E-state index in [1.807, 2.05) is 5.32 Å². The smallest absolute Gasteiger partial charge is 0.413 e. The Morgan fingerprint density at radius 1 is 1.13 bits per heavy atom. The van der Waals surface area contributed by atoms with E-state index in [0.717, 1.165) is 24.1 Å². The summed E-state index contributed by atoms with van der Waals surface area (Å²) in [6.07, 6.45) is -0.987. The van der Waals surface area contributed by atoms with E-state index in [4.69, 9.17) is 0 Å². The van der Waals surface area contributed by atoms with Gasteiger partial charge in [0, 0.05) is 11.3 Å². The number of halogens is 1. The minimum absolute atomic E-state index is 0.0180. The van der Waals surface area contributed by atoms with E-state index in [9.17, 15) is 27.2 Å². The van der Waals surface area contributed by atoms with Gasteiger partial charge in [-0.05, 0) is 50.1 Å². The lowest BCUT2D eigenvalue weighted by molar-refractivity contribution is -0.116. The molecule has 0 saturated heterocycles. The van der Waals surface area contributed by atoms with Gasteiger partial charge in [0.25, 0.3) is 5.91 Å². The third kappa shape index (κ3) is 5.86. The Morgan fingerprint density at radius 2 is 1.77 bits per heavy atom. The second-order valence-electron chi connectivity index (χ2n) is 6.36. The van der Waals surface area contributed by atoms with Gasteiger partial charge >= 0.3 is 6.09 Å². The first-order chi connectivity index (χ1) is 14.0. The van der Waals surface area contributed by atoms with Gasteiger partial charge in [0.1, 0.15) is 10.8 Å². The maximum atomic E-state index is 12.9. The molecule has 2 N–H and O–H groups in total. The molecule has 1 heterocycles. The lowest BCUT2D eigenvalue weighted by Gasteiger charge is -2.08. The van der Waals surface area contributed by atoms with Crippen molar-refractivity contribution in [3.8, 4) is 0 Å². The van der Waals surface area contributed by atoms with Gasteiger partial charge in [-0.3, -0.25) is 14.9 Å². The van der Waals surface area contributed by atoms with Crippen molar-refractivity contribution in [2.45, 2.75) is 31.6 Å². The molecule has 0 aliphatic carbocycles. The summed E-state index contributed by atoms with van der Waals surface area (Å²) in [7, 11) is -2.52. The third-order valence-electron chi connectivity index (χ3n) is 4.26. The van der Waals surface area contributed by atoms with Crippen molar-refractivity contribution < 1.29 is 31.9 Å². The average Bonchev–Trinajstić information content (AvgIpc) is 2.95. The number of amides is 3. The minimum atomic E-state index is -3.65. The van der Waals surface area contributed by atoms with Crippen LogP contribution < -0.4 is 10.6 Å². The van der Waals surface area contributed by atoms with E-state index >= 15 is 0 Å². The number of methoxy groups -OCH3 is 1. The van der Waals surface area contributed by atoms with Gasteiger partial charge in [0.2, 0.25) is 5.91 Å². The topological polar surface area (TPSA) is 119 Å². The first kappa shape index (κ1) is 23.5. The molecule has 2 aromatic rings. The molecule has 0 saturated carbocycles. The van der Waals surface area contributed by atoms with Crippen LogP contribution in [0.1, 0.15) is 33.6 Å². The van der Waals surface area contributed by atoms with Gasteiger partial charge in [-0.1, -0.05) is 0 Å².